The van der Waals surface area contributed by atoms with E-state index in [1.54, 1.807) is 0 Å². The van der Waals surface area contributed by atoms with Gasteiger partial charge in [0.2, 0.25) is 5.91 Å². The smallest absolute Gasteiger partial charge is 0.318 e. The van der Waals surface area contributed by atoms with Crippen LogP contribution in [0.15, 0.2) is 18.2 Å². The fourth-order valence-corrected chi connectivity index (χ4v) is 1.43. The first kappa shape index (κ1) is 13.2. The number of hydrogen-bond donors (Lipinski definition) is 2. The molecule has 0 aromatic heterocycles. The Morgan fingerprint density at radius 1 is 1.12 bits per heavy atom. The van der Waals surface area contributed by atoms with Crippen molar-refractivity contribution >= 4 is 17.6 Å². The molecule has 1 amide bonds. The first-order valence-electron chi connectivity index (χ1n) is 5.36. The highest BCUT2D eigenvalue weighted by Gasteiger charge is 2.35. The Morgan fingerprint density at radius 2 is 1.59 bits per heavy atom. The molecule has 0 saturated carbocycles. The van der Waals surface area contributed by atoms with E-state index >= 15 is 0 Å². The summed E-state index contributed by atoms with van der Waals surface area (Å²) in [7, 11) is 0. The molecule has 1 aromatic carbocycles. The number of carboxylic acid groups (broad SMARTS) is 1. The topological polar surface area (TPSA) is 66.4 Å². The van der Waals surface area contributed by atoms with E-state index in [1.807, 2.05) is 32.0 Å². The van der Waals surface area contributed by atoms with Crippen LogP contribution in [0.2, 0.25) is 0 Å². The molecule has 0 aliphatic heterocycles. The van der Waals surface area contributed by atoms with Crippen molar-refractivity contribution < 1.29 is 14.7 Å². The van der Waals surface area contributed by atoms with Crippen molar-refractivity contribution in [1.82, 2.24) is 0 Å². The van der Waals surface area contributed by atoms with Crippen LogP contribution in [0, 0.1) is 19.3 Å². The Morgan fingerprint density at radius 3 is 2.00 bits per heavy atom. The predicted molar refractivity (Wildman–Crippen MR) is 66.0 cm³/mol. The van der Waals surface area contributed by atoms with Gasteiger partial charge in [-0.15, -0.1) is 0 Å². The zero-order valence-electron chi connectivity index (χ0n) is 10.5. The quantitative estimate of drug-likeness (QED) is 0.790. The fourth-order valence-electron chi connectivity index (χ4n) is 1.43. The summed E-state index contributed by atoms with van der Waals surface area (Å²) in [6.07, 6.45) is 0. The maximum absolute atomic E-state index is 11.8. The van der Waals surface area contributed by atoms with Gasteiger partial charge < -0.3 is 10.4 Å². The summed E-state index contributed by atoms with van der Waals surface area (Å²) in [4.78, 5) is 22.7. The van der Waals surface area contributed by atoms with Gasteiger partial charge in [0.15, 0.2) is 0 Å². The molecular formula is C13H17NO3. The predicted octanol–water partition coefficient (Wildman–Crippen LogP) is 2.35. The molecule has 0 spiro atoms. The normalized spacial score (nSPS) is 11.1. The van der Waals surface area contributed by atoms with Crippen LogP contribution in [0.5, 0.6) is 0 Å². The van der Waals surface area contributed by atoms with Crippen molar-refractivity contribution in [3.8, 4) is 0 Å². The Balaban J connectivity index is 2.92. The largest absolute Gasteiger partial charge is 0.480 e. The molecule has 4 nitrogen and oxygen atoms in total. The molecule has 0 bridgehead atoms. The monoisotopic (exact) mass is 235 g/mol. The third-order valence-electron chi connectivity index (χ3n) is 2.58. The second-order valence-electron chi connectivity index (χ2n) is 4.76. The van der Waals surface area contributed by atoms with Crippen molar-refractivity contribution in [3.05, 3.63) is 29.3 Å². The Bertz CT molecular complexity index is 443. The van der Waals surface area contributed by atoms with Crippen LogP contribution in [0.3, 0.4) is 0 Å². The Hall–Kier alpha value is -1.84. The number of nitrogens with one attached hydrogen (secondary N) is 1. The number of benzene rings is 1. The lowest BCUT2D eigenvalue weighted by Crippen LogP contribution is -2.37. The van der Waals surface area contributed by atoms with Crippen LogP contribution < -0.4 is 5.32 Å². The number of hydrogen-bond acceptors (Lipinski definition) is 2. The van der Waals surface area contributed by atoms with Gasteiger partial charge >= 0.3 is 5.97 Å². The minimum absolute atomic E-state index is 0.519. The molecule has 0 heterocycles. The number of aliphatic carboxylic acids is 1. The third-order valence-corrected chi connectivity index (χ3v) is 2.58. The number of amides is 1. The summed E-state index contributed by atoms with van der Waals surface area (Å²) in [5, 5.41) is 11.6. The number of anilines is 1. The van der Waals surface area contributed by atoms with Gasteiger partial charge in [0.25, 0.3) is 0 Å². The third kappa shape index (κ3) is 3.06. The summed E-state index contributed by atoms with van der Waals surface area (Å²) in [5.41, 5.74) is 1.24. The van der Waals surface area contributed by atoms with E-state index in [2.05, 4.69) is 5.32 Å². The lowest BCUT2D eigenvalue weighted by molar-refractivity contribution is -0.151. The number of aryl methyl sites for hydroxylation is 2. The van der Waals surface area contributed by atoms with E-state index in [0.717, 1.165) is 11.1 Å². The lowest BCUT2D eigenvalue weighted by Gasteiger charge is -2.18. The van der Waals surface area contributed by atoms with Gasteiger partial charge in [-0.3, -0.25) is 9.59 Å². The number of carboxylic acids is 1. The molecule has 1 aromatic rings. The van der Waals surface area contributed by atoms with Crippen LogP contribution in [0.25, 0.3) is 0 Å². The standard InChI is InChI=1S/C13H17NO3/c1-8-5-9(2)7-10(6-8)14-11(15)13(3,4)12(16)17/h5-7H,1-4H3,(H,14,15)(H,16,17). The maximum Gasteiger partial charge on any atom is 0.318 e. The molecule has 92 valence electrons. The lowest BCUT2D eigenvalue weighted by atomic mass is 9.92. The van der Waals surface area contributed by atoms with Crippen molar-refractivity contribution in [2.24, 2.45) is 5.41 Å². The minimum atomic E-state index is -1.43. The average Bonchev–Trinajstić information content (AvgIpc) is 2.15. The van der Waals surface area contributed by atoms with Gasteiger partial charge in [0.1, 0.15) is 5.41 Å². The Kier molecular flexibility index (Phi) is 3.56. The number of carbonyl (C=O) groups excluding carboxylic acids is 1. The molecule has 2 N–H and O–H groups in total. The van der Waals surface area contributed by atoms with E-state index in [0.29, 0.717) is 5.69 Å². The van der Waals surface area contributed by atoms with Gasteiger partial charge in [0, 0.05) is 5.69 Å². The summed E-state index contributed by atoms with van der Waals surface area (Å²) in [5.74, 6) is -1.66. The molecule has 0 saturated heterocycles. The highest BCUT2D eigenvalue weighted by Crippen LogP contribution is 2.20. The average molecular weight is 235 g/mol. The molecule has 0 atom stereocenters. The van der Waals surface area contributed by atoms with Crippen molar-refractivity contribution in [3.63, 3.8) is 0 Å². The fraction of sp³-hybridized carbons (Fsp3) is 0.385. The van der Waals surface area contributed by atoms with E-state index in [-0.39, 0.29) is 0 Å². The highest BCUT2D eigenvalue weighted by atomic mass is 16.4. The van der Waals surface area contributed by atoms with Crippen LogP contribution in [-0.4, -0.2) is 17.0 Å². The van der Waals surface area contributed by atoms with Gasteiger partial charge in [0.05, 0.1) is 0 Å². The van der Waals surface area contributed by atoms with E-state index in [1.165, 1.54) is 13.8 Å². The first-order valence-corrected chi connectivity index (χ1v) is 5.36. The van der Waals surface area contributed by atoms with E-state index in [4.69, 9.17) is 5.11 Å². The SMILES string of the molecule is Cc1cc(C)cc(NC(=O)C(C)(C)C(=O)O)c1. The molecule has 1 rings (SSSR count). The molecule has 0 unspecified atom stereocenters. The first-order chi connectivity index (χ1) is 7.73. The summed E-state index contributed by atoms with van der Waals surface area (Å²) >= 11 is 0. The van der Waals surface area contributed by atoms with Gasteiger partial charge in [-0.1, -0.05) is 6.07 Å². The van der Waals surface area contributed by atoms with Crippen LogP contribution in [-0.2, 0) is 9.59 Å². The zero-order valence-corrected chi connectivity index (χ0v) is 10.5. The summed E-state index contributed by atoms with van der Waals surface area (Å²) in [6.45, 7) is 6.61. The second-order valence-corrected chi connectivity index (χ2v) is 4.76. The van der Waals surface area contributed by atoms with Crippen molar-refractivity contribution in [1.29, 1.82) is 0 Å². The maximum atomic E-state index is 11.8. The molecular weight excluding hydrogens is 218 g/mol. The molecule has 0 aliphatic carbocycles. The van der Waals surface area contributed by atoms with Gasteiger partial charge in [-0.2, -0.15) is 0 Å². The van der Waals surface area contributed by atoms with E-state index < -0.39 is 17.3 Å². The second kappa shape index (κ2) is 4.57. The number of carbonyl (C=O) groups is 2. The molecule has 0 aliphatic rings. The van der Waals surface area contributed by atoms with Gasteiger partial charge in [-0.25, -0.2) is 0 Å². The zero-order chi connectivity index (χ0) is 13.2. The summed E-state index contributed by atoms with van der Waals surface area (Å²) < 4.78 is 0. The van der Waals surface area contributed by atoms with Crippen LogP contribution >= 0.6 is 0 Å². The highest BCUT2D eigenvalue weighted by molar-refractivity contribution is 6.07. The molecule has 4 heteroatoms. The Labute approximate surface area is 101 Å². The van der Waals surface area contributed by atoms with Gasteiger partial charge in [-0.05, 0) is 51.0 Å². The van der Waals surface area contributed by atoms with E-state index in [9.17, 15) is 9.59 Å². The molecule has 0 fully saturated rings. The van der Waals surface area contributed by atoms with Crippen LogP contribution in [0.4, 0.5) is 5.69 Å². The molecule has 0 radical (unpaired) electrons. The van der Waals surface area contributed by atoms with Crippen molar-refractivity contribution in [2.75, 3.05) is 5.32 Å². The summed E-state index contributed by atoms with van der Waals surface area (Å²) in [6, 6.07) is 5.60. The minimum Gasteiger partial charge on any atom is -0.480 e. The molecule has 17 heavy (non-hydrogen) atoms. The number of rotatable bonds is 3. The van der Waals surface area contributed by atoms with Crippen molar-refractivity contribution in [2.45, 2.75) is 27.7 Å². The van der Waals surface area contributed by atoms with Crippen LogP contribution in [0.1, 0.15) is 25.0 Å².